The van der Waals surface area contributed by atoms with E-state index in [2.05, 4.69) is 27.1 Å². The molecular formula is C20H25ClN4O. The number of rotatable bonds is 4. The van der Waals surface area contributed by atoms with Crippen molar-refractivity contribution in [1.29, 1.82) is 0 Å². The minimum absolute atomic E-state index is 0.254. The van der Waals surface area contributed by atoms with Crippen molar-refractivity contribution in [2.24, 2.45) is 0 Å². The van der Waals surface area contributed by atoms with Crippen LogP contribution in [0.3, 0.4) is 0 Å². The number of nitrogens with one attached hydrogen (secondary N) is 1. The Balaban J connectivity index is 1.75. The number of carbonyl (C=O) groups excluding carboxylic acids is 1. The summed E-state index contributed by atoms with van der Waals surface area (Å²) in [5.41, 5.74) is 3.05. The zero-order chi connectivity index (χ0) is 18.7. The number of nitrogens with zero attached hydrogens (tertiary/aromatic N) is 3. The van der Waals surface area contributed by atoms with E-state index < -0.39 is 0 Å². The summed E-state index contributed by atoms with van der Waals surface area (Å²) < 4.78 is 0. The quantitative estimate of drug-likeness (QED) is 0.839. The van der Waals surface area contributed by atoms with E-state index in [0.29, 0.717) is 28.3 Å². The summed E-state index contributed by atoms with van der Waals surface area (Å²) in [5, 5.41) is 3.41. The van der Waals surface area contributed by atoms with Crippen molar-refractivity contribution >= 4 is 29.1 Å². The third-order valence-corrected chi connectivity index (χ3v) is 5.22. The minimum Gasteiger partial charge on any atom is -0.338 e. The van der Waals surface area contributed by atoms with Crippen molar-refractivity contribution in [1.82, 2.24) is 9.97 Å². The molecule has 2 aromatic rings. The fourth-order valence-electron chi connectivity index (χ4n) is 3.53. The maximum atomic E-state index is 12.5. The van der Waals surface area contributed by atoms with Gasteiger partial charge in [0, 0.05) is 25.0 Å². The van der Waals surface area contributed by atoms with Crippen LogP contribution in [-0.4, -0.2) is 28.5 Å². The summed E-state index contributed by atoms with van der Waals surface area (Å²) in [6, 6.07) is 4.31. The van der Waals surface area contributed by atoms with Gasteiger partial charge in [-0.05, 0) is 56.7 Å². The molecule has 0 aliphatic carbocycles. The summed E-state index contributed by atoms with van der Waals surface area (Å²) in [5.74, 6) is 0.453. The highest BCUT2D eigenvalue weighted by Crippen LogP contribution is 2.28. The number of amides is 1. The number of aromatic nitrogens is 2. The number of halogens is 1. The zero-order valence-corrected chi connectivity index (χ0v) is 16.3. The van der Waals surface area contributed by atoms with Crippen molar-refractivity contribution in [3.63, 3.8) is 0 Å². The number of carbonyl (C=O) groups is 1. The Bertz CT molecular complexity index is 768. The Labute approximate surface area is 159 Å². The molecule has 1 aliphatic heterocycles. The van der Waals surface area contributed by atoms with Crippen LogP contribution in [-0.2, 0) is 0 Å². The van der Waals surface area contributed by atoms with Gasteiger partial charge in [-0.3, -0.25) is 4.79 Å². The second-order valence-corrected chi connectivity index (χ2v) is 7.32. The summed E-state index contributed by atoms with van der Waals surface area (Å²) >= 11 is 6.27. The molecule has 1 unspecified atom stereocenters. The first kappa shape index (κ1) is 18.6. The molecule has 1 aromatic heterocycles. The van der Waals surface area contributed by atoms with Crippen LogP contribution in [0.1, 0.15) is 54.1 Å². The zero-order valence-electron chi connectivity index (χ0n) is 15.6. The number of aryl methyl sites for hydroxylation is 2. The molecule has 1 amide bonds. The normalized spacial score (nSPS) is 17.2. The third-order valence-electron chi connectivity index (χ3n) is 4.93. The van der Waals surface area contributed by atoms with Gasteiger partial charge in [0.1, 0.15) is 0 Å². The lowest BCUT2D eigenvalue weighted by Crippen LogP contribution is -2.40. The fourth-order valence-corrected chi connectivity index (χ4v) is 3.90. The number of piperidine rings is 1. The number of anilines is 2. The Morgan fingerprint density at radius 3 is 2.65 bits per heavy atom. The summed E-state index contributed by atoms with van der Waals surface area (Å²) in [6.07, 6.45) is 7.86. The van der Waals surface area contributed by atoms with Crippen LogP contribution in [0.5, 0.6) is 0 Å². The molecule has 3 rings (SSSR count). The van der Waals surface area contributed by atoms with Crippen LogP contribution < -0.4 is 10.2 Å². The summed E-state index contributed by atoms with van der Waals surface area (Å²) in [4.78, 5) is 23.7. The lowest BCUT2D eigenvalue weighted by molar-refractivity contribution is 0.102. The molecule has 0 bridgehead atoms. The number of hydrogen-bond acceptors (Lipinski definition) is 4. The van der Waals surface area contributed by atoms with Crippen molar-refractivity contribution in [3.8, 4) is 0 Å². The molecular weight excluding hydrogens is 348 g/mol. The predicted molar refractivity (Wildman–Crippen MR) is 106 cm³/mol. The van der Waals surface area contributed by atoms with Gasteiger partial charge in [0.25, 0.3) is 5.91 Å². The molecule has 1 saturated heterocycles. The summed E-state index contributed by atoms with van der Waals surface area (Å²) in [6.45, 7) is 7.07. The van der Waals surface area contributed by atoms with Gasteiger partial charge < -0.3 is 10.2 Å². The minimum atomic E-state index is -0.254. The van der Waals surface area contributed by atoms with E-state index in [1.165, 1.54) is 12.8 Å². The van der Waals surface area contributed by atoms with Gasteiger partial charge in [0.15, 0.2) is 0 Å². The van der Waals surface area contributed by atoms with Gasteiger partial charge in [0.05, 0.1) is 16.3 Å². The van der Waals surface area contributed by atoms with Crippen molar-refractivity contribution < 1.29 is 4.79 Å². The maximum absolute atomic E-state index is 12.5. The molecule has 1 fully saturated rings. The van der Waals surface area contributed by atoms with E-state index in [4.69, 9.17) is 11.6 Å². The molecule has 0 radical (unpaired) electrons. The highest BCUT2D eigenvalue weighted by Gasteiger charge is 2.23. The van der Waals surface area contributed by atoms with Gasteiger partial charge in [-0.2, -0.15) is 0 Å². The van der Waals surface area contributed by atoms with E-state index >= 15 is 0 Å². The molecule has 6 heteroatoms. The molecule has 5 nitrogen and oxygen atoms in total. The standard InChI is InChI=1S/C20H25ClN4O/c1-4-16-7-5-6-8-25(16)20-22-11-15(12-23-20)19(26)24-18-14(3)9-13(2)10-17(18)21/h9-12,16H,4-8H2,1-3H3,(H,24,26). The first-order valence-corrected chi connectivity index (χ1v) is 9.54. The van der Waals surface area contributed by atoms with E-state index in [1.54, 1.807) is 12.4 Å². The second kappa shape index (κ2) is 8.04. The average molecular weight is 373 g/mol. The van der Waals surface area contributed by atoms with Gasteiger partial charge in [0.2, 0.25) is 5.95 Å². The molecule has 2 heterocycles. The first-order valence-electron chi connectivity index (χ1n) is 9.16. The lowest BCUT2D eigenvalue weighted by Gasteiger charge is -2.35. The molecule has 138 valence electrons. The van der Waals surface area contributed by atoms with Crippen LogP contribution in [0, 0.1) is 13.8 Å². The second-order valence-electron chi connectivity index (χ2n) is 6.92. The van der Waals surface area contributed by atoms with Crippen molar-refractivity contribution in [3.05, 3.63) is 46.2 Å². The van der Waals surface area contributed by atoms with Crippen LogP contribution in [0.25, 0.3) is 0 Å². The first-order chi connectivity index (χ1) is 12.5. The highest BCUT2D eigenvalue weighted by atomic mass is 35.5. The largest absolute Gasteiger partial charge is 0.338 e. The fraction of sp³-hybridized carbons (Fsp3) is 0.450. The summed E-state index contributed by atoms with van der Waals surface area (Å²) in [7, 11) is 0. The van der Waals surface area contributed by atoms with Crippen molar-refractivity contribution in [2.75, 3.05) is 16.8 Å². The monoisotopic (exact) mass is 372 g/mol. The molecule has 0 saturated carbocycles. The van der Waals surface area contributed by atoms with E-state index in [-0.39, 0.29) is 5.91 Å². The predicted octanol–water partition coefficient (Wildman–Crippen LogP) is 4.77. The van der Waals surface area contributed by atoms with Crippen LogP contribution >= 0.6 is 11.6 Å². The smallest absolute Gasteiger partial charge is 0.258 e. The Hall–Kier alpha value is -2.14. The SMILES string of the molecule is CCC1CCCCN1c1ncc(C(=O)Nc2c(C)cc(C)cc2Cl)cn1. The van der Waals surface area contributed by atoms with E-state index in [1.807, 2.05) is 26.0 Å². The average Bonchev–Trinajstić information content (AvgIpc) is 2.64. The highest BCUT2D eigenvalue weighted by molar-refractivity contribution is 6.34. The van der Waals surface area contributed by atoms with Crippen molar-refractivity contribution in [2.45, 2.75) is 52.5 Å². The Kier molecular flexibility index (Phi) is 5.77. The molecule has 1 atom stereocenters. The van der Waals surface area contributed by atoms with E-state index in [0.717, 1.165) is 30.5 Å². The molecule has 26 heavy (non-hydrogen) atoms. The van der Waals surface area contributed by atoms with Gasteiger partial charge in [-0.15, -0.1) is 0 Å². The number of hydrogen-bond donors (Lipinski definition) is 1. The van der Waals surface area contributed by atoms with Gasteiger partial charge in [-0.1, -0.05) is 24.6 Å². The molecule has 0 spiro atoms. The van der Waals surface area contributed by atoms with Gasteiger partial charge in [-0.25, -0.2) is 9.97 Å². The number of benzene rings is 1. The maximum Gasteiger partial charge on any atom is 0.258 e. The topological polar surface area (TPSA) is 58.1 Å². The Morgan fingerprint density at radius 1 is 1.27 bits per heavy atom. The van der Waals surface area contributed by atoms with Crippen LogP contribution in [0.4, 0.5) is 11.6 Å². The molecule has 1 aromatic carbocycles. The lowest BCUT2D eigenvalue weighted by atomic mass is 10.0. The van der Waals surface area contributed by atoms with E-state index in [9.17, 15) is 4.79 Å². The van der Waals surface area contributed by atoms with Crippen LogP contribution in [0.15, 0.2) is 24.5 Å². The van der Waals surface area contributed by atoms with Crippen LogP contribution in [0.2, 0.25) is 5.02 Å². The molecule has 1 N–H and O–H groups in total. The Morgan fingerprint density at radius 2 is 2.00 bits per heavy atom. The third kappa shape index (κ3) is 3.98. The van der Waals surface area contributed by atoms with Gasteiger partial charge >= 0.3 is 0 Å². The molecule has 1 aliphatic rings.